The van der Waals surface area contributed by atoms with Crippen LogP contribution in [0, 0.1) is 12.7 Å². The second-order valence-electron chi connectivity index (χ2n) is 4.34. The lowest BCUT2D eigenvalue weighted by Gasteiger charge is -2.00. The van der Waals surface area contributed by atoms with Gasteiger partial charge in [-0.3, -0.25) is 0 Å². The normalized spacial score (nSPS) is 11.1. The minimum absolute atomic E-state index is 0.248. The maximum Gasteiger partial charge on any atom is 0.156 e. The number of nitrogens with one attached hydrogen (secondary N) is 1. The molecule has 2 aromatic carbocycles. The Labute approximate surface area is 109 Å². The van der Waals surface area contributed by atoms with E-state index in [1.807, 2.05) is 43.3 Å². The zero-order valence-electron chi connectivity index (χ0n) is 9.80. The molecule has 0 atom stereocenters. The second kappa shape index (κ2) is 4.14. The summed E-state index contributed by atoms with van der Waals surface area (Å²) in [4.78, 5) is 3.09. The average Bonchev–Trinajstić information content (AvgIpc) is 2.68. The fourth-order valence-corrected chi connectivity index (χ4v) is 2.35. The van der Waals surface area contributed by atoms with Gasteiger partial charge < -0.3 is 4.98 Å². The molecule has 1 aromatic heterocycles. The summed E-state index contributed by atoms with van der Waals surface area (Å²) in [5.41, 5.74) is 2.95. The number of rotatable bonds is 1. The zero-order chi connectivity index (χ0) is 12.7. The predicted octanol–water partition coefficient (Wildman–Crippen LogP) is 4.94. The molecule has 3 rings (SSSR count). The molecule has 1 nitrogen and oxygen atoms in total. The largest absolute Gasteiger partial charge is 0.352 e. The second-order valence-corrected chi connectivity index (χ2v) is 4.75. The predicted molar refractivity (Wildman–Crippen MR) is 73.4 cm³/mol. The third-order valence-corrected chi connectivity index (χ3v) is 3.36. The van der Waals surface area contributed by atoms with Gasteiger partial charge in [0.25, 0.3) is 0 Å². The van der Waals surface area contributed by atoms with E-state index < -0.39 is 0 Å². The number of hydrogen-bond acceptors (Lipinski definition) is 0. The van der Waals surface area contributed by atoms with Gasteiger partial charge in [0.1, 0.15) is 0 Å². The van der Waals surface area contributed by atoms with Gasteiger partial charge in [-0.2, -0.15) is 0 Å². The van der Waals surface area contributed by atoms with Crippen LogP contribution in [0.2, 0.25) is 5.02 Å². The molecule has 18 heavy (non-hydrogen) atoms. The van der Waals surface area contributed by atoms with Crippen molar-refractivity contribution in [1.82, 2.24) is 4.98 Å². The number of aromatic nitrogens is 1. The van der Waals surface area contributed by atoms with Crippen molar-refractivity contribution in [1.29, 1.82) is 0 Å². The Morgan fingerprint density at radius 2 is 1.89 bits per heavy atom. The molecule has 90 valence electrons. The van der Waals surface area contributed by atoms with E-state index in [0.717, 1.165) is 11.1 Å². The molecular weight excluding hydrogens is 249 g/mol. The summed E-state index contributed by atoms with van der Waals surface area (Å²) in [6, 6.07) is 12.9. The van der Waals surface area contributed by atoms with E-state index in [1.165, 1.54) is 0 Å². The summed E-state index contributed by atoms with van der Waals surface area (Å²) in [6.45, 7) is 1.95. The lowest BCUT2D eigenvalue weighted by Crippen LogP contribution is -1.82. The first kappa shape index (κ1) is 11.3. The van der Waals surface area contributed by atoms with Crippen molar-refractivity contribution in [2.45, 2.75) is 6.92 Å². The Balaban J connectivity index is 2.31. The average molecular weight is 260 g/mol. The fraction of sp³-hybridized carbons (Fsp3) is 0.0667. The zero-order valence-corrected chi connectivity index (χ0v) is 10.6. The molecule has 0 bridgehead atoms. The van der Waals surface area contributed by atoms with E-state index in [-0.39, 0.29) is 5.82 Å². The number of fused-ring (bicyclic) bond motifs is 1. The molecule has 0 amide bonds. The molecule has 0 radical (unpaired) electrons. The van der Waals surface area contributed by atoms with Crippen molar-refractivity contribution in [3.63, 3.8) is 0 Å². The van der Waals surface area contributed by atoms with E-state index >= 15 is 0 Å². The van der Waals surface area contributed by atoms with Crippen molar-refractivity contribution in [2.75, 3.05) is 0 Å². The SMILES string of the molecule is Cc1ccc2[nH]c(-c3ccccc3Cl)c(F)c2c1. The van der Waals surface area contributed by atoms with Gasteiger partial charge in [-0.25, -0.2) is 4.39 Å². The molecular formula is C15H11ClFN. The van der Waals surface area contributed by atoms with Gasteiger partial charge in [0.2, 0.25) is 0 Å². The molecule has 1 N–H and O–H groups in total. The van der Waals surface area contributed by atoms with E-state index in [0.29, 0.717) is 21.7 Å². The van der Waals surface area contributed by atoms with E-state index in [4.69, 9.17) is 11.6 Å². The monoisotopic (exact) mass is 259 g/mol. The highest BCUT2D eigenvalue weighted by atomic mass is 35.5. The number of aromatic amines is 1. The molecule has 0 aliphatic heterocycles. The summed E-state index contributed by atoms with van der Waals surface area (Å²) in [6.07, 6.45) is 0. The van der Waals surface area contributed by atoms with Crippen LogP contribution in [-0.2, 0) is 0 Å². The van der Waals surface area contributed by atoms with Gasteiger partial charge in [0.05, 0.1) is 5.69 Å². The van der Waals surface area contributed by atoms with Crippen LogP contribution in [0.15, 0.2) is 42.5 Å². The lowest BCUT2D eigenvalue weighted by molar-refractivity contribution is 0.643. The molecule has 0 saturated carbocycles. The van der Waals surface area contributed by atoms with Crippen LogP contribution in [0.4, 0.5) is 4.39 Å². The topological polar surface area (TPSA) is 15.8 Å². The van der Waals surface area contributed by atoms with Crippen LogP contribution in [-0.4, -0.2) is 4.98 Å². The molecule has 0 fully saturated rings. The third kappa shape index (κ3) is 1.70. The first-order chi connectivity index (χ1) is 8.66. The highest BCUT2D eigenvalue weighted by Gasteiger charge is 2.14. The Hall–Kier alpha value is -1.80. The van der Waals surface area contributed by atoms with Gasteiger partial charge in [-0.15, -0.1) is 0 Å². The summed E-state index contributed by atoms with van der Waals surface area (Å²) >= 11 is 6.10. The lowest BCUT2D eigenvalue weighted by atomic mass is 10.1. The standard InChI is InChI=1S/C15H11ClFN/c1-9-6-7-13-11(8-9)14(17)15(18-13)10-4-2-3-5-12(10)16/h2-8,18H,1H3. The van der Waals surface area contributed by atoms with Crippen LogP contribution < -0.4 is 0 Å². The Bertz CT molecular complexity index is 730. The van der Waals surface area contributed by atoms with E-state index in [2.05, 4.69) is 4.98 Å². The number of halogens is 2. The maximum atomic E-state index is 14.4. The van der Waals surface area contributed by atoms with Gasteiger partial charge in [-0.1, -0.05) is 41.4 Å². The number of benzene rings is 2. The van der Waals surface area contributed by atoms with Crippen LogP contribution in [0.5, 0.6) is 0 Å². The minimum atomic E-state index is -0.248. The molecule has 0 aliphatic rings. The van der Waals surface area contributed by atoms with Crippen molar-refractivity contribution in [3.8, 4) is 11.3 Å². The highest BCUT2D eigenvalue weighted by molar-refractivity contribution is 6.33. The maximum absolute atomic E-state index is 14.4. The van der Waals surface area contributed by atoms with Gasteiger partial charge in [-0.05, 0) is 25.1 Å². The fourth-order valence-electron chi connectivity index (χ4n) is 2.12. The van der Waals surface area contributed by atoms with Gasteiger partial charge in [0.15, 0.2) is 5.82 Å². The number of hydrogen-bond donors (Lipinski definition) is 1. The first-order valence-electron chi connectivity index (χ1n) is 5.69. The molecule has 0 spiro atoms. The number of H-pyrrole nitrogens is 1. The Kier molecular flexibility index (Phi) is 2.60. The van der Waals surface area contributed by atoms with Crippen molar-refractivity contribution in [2.24, 2.45) is 0 Å². The van der Waals surface area contributed by atoms with E-state index in [1.54, 1.807) is 6.07 Å². The summed E-state index contributed by atoms with van der Waals surface area (Å²) < 4.78 is 14.4. The molecule has 3 heteroatoms. The molecule has 1 heterocycles. The Morgan fingerprint density at radius 1 is 1.11 bits per heavy atom. The highest BCUT2D eigenvalue weighted by Crippen LogP contribution is 2.33. The van der Waals surface area contributed by atoms with Crippen molar-refractivity contribution >= 4 is 22.5 Å². The summed E-state index contributed by atoms with van der Waals surface area (Å²) in [5, 5.41) is 1.14. The van der Waals surface area contributed by atoms with Crippen molar-refractivity contribution < 1.29 is 4.39 Å². The molecule has 0 aliphatic carbocycles. The van der Waals surface area contributed by atoms with Crippen LogP contribution >= 0.6 is 11.6 Å². The smallest absolute Gasteiger partial charge is 0.156 e. The van der Waals surface area contributed by atoms with Crippen molar-refractivity contribution in [3.05, 3.63) is 58.9 Å². The quantitative estimate of drug-likeness (QED) is 0.637. The van der Waals surface area contributed by atoms with Gasteiger partial charge in [0, 0.05) is 21.5 Å². The first-order valence-corrected chi connectivity index (χ1v) is 6.07. The summed E-state index contributed by atoms with van der Waals surface area (Å²) in [5.74, 6) is -0.248. The van der Waals surface area contributed by atoms with Crippen LogP contribution in [0.1, 0.15) is 5.56 Å². The van der Waals surface area contributed by atoms with Crippen LogP contribution in [0.3, 0.4) is 0 Å². The van der Waals surface area contributed by atoms with Gasteiger partial charge >= 0.3 is 0 Å². The van der Waals surface area contributed by atoms with Crippen LogP contribution in [0.25, 0.3) is 22.2 Å². The van der Waals surface area contributed by atoms with E-state index in [9.17, 15) is 4.39 Å². The molecule has 3 aromatic rings. The third-order valence-electron chi connectivity index (χ3n) is 3.03. The molecule has 0 saturated heterocycles. The minimum Gasteiger partial charge on any atom is -0.352 e. The summed E-state index contributed by atoms with van der Waals surface area (Å²) in [7, 11) is 0. The Morgan fingerprint density at radius 3 is 2.67 bits per heavy atom. The molecule has 0 unspecified atom stereocenters. The number of aryl methyl sites for hydroxylation is 1.